The van der Waals surface area contributed by atoms with Gasteiger partial charge in [-0.3, -0.25) is 0 Å². The van der Waals surface area contributed by atoms with Gasteiger partial charge in [0.2, 0.25) is 0 Å². The Balaban J connectivity index is 3.13. The first-order valence-corrected chi connectivity index (χ1v) is 4.35. The van der Waals surface area contributed by atoms with E-state index in [4.69, 9.17) is 5.11 Å². The van der Waals surface area contributed by atoms with E-state index >= 15 is 0 Å². The van der Waals surface area contributed by atoms with E-state index in [1.165, 1.54) is 12.1 Å². The van der Waals surface area contributed by atoms with Crippen molar-refractivity contribution in [2.75, 3.05) is 0 Å². The highest BCUT2D eigenvalue weighted by Gasteiger charge is 2.41. The van der Waals surface area contributed by atoms with Gasteiger partial charge in [0.15, 0.2) is 5.03 Å². The number of hydrogen-bond donors (Lipinski definition) is 3. The minimum Gasteiger partial charge on any atom is -0.478 e. The maximum Gasteiger partial charge on any atom is 0.350 e. The van der Waals surface area contributed by atoms with Crippen LogP contribution in [-0.2, 0) is 9.67 Å². The molecule has 0 aliphatic heterocycles. The molecule has 0 fully saturated rings. The molecule has 2 N–H and O–H groups in total. The molecule has 0 saturated heterocycles. The SMILES string of the molecule is O=C(O)C(S)(N[N+](=O)[O-])c1ccccc1. The Hall–Kier alpha value is -1.76. The standard InChI is InChI=1S/C8H8N2O4S/c11-7(12)8(15,9-10(13)14)6-4-2-1-3-5-6/h1-5,9,15H,(H,11,12). The number of carbonyl (C=O) groups is 1. The minimum atomic E-state index is -2.02. The molecule has 6 nitrogen and oxygen atoms in total. The van der Waals surface area contributed by atoms with E-state index in [-0.39, 0.29) is 5.56 Å². The third kappa shape index (κ3) is 2.38. The van der Waals surface area contributed by atoms with Crippen LogP contribution in [0.3, 0.4) is 0 Å². The van der Waals surface area contributed by atoms with Crippen molar-refractivity contribution in [3.05, 3.63) is 46.0 Å². The van der Waals surface area contributed by atoms with Crippen LogP contribution in [0.25, 0.3) is 0 Å². The van der Waals surface area contributed by atoms with E-state index in [2.05, 4.69) is 12.6 Å². The summed E-state index contributed by atoms with van der Waals surface area (Å²) in [6.45, 7) is 0. The summed E-state index contributed by atoms with van der Waals surface area (Å²) in [4.78, 5) is 19.2. The van der Waals surface area contributed by atoms with Crippen LogP contribution in [0, 0.1) is 10.1 Å². The van der Waals surface area contributed by atoms with E-state index in [1.807, 2.05) is 0 Å². The minimum absolute atomic E-state index is 0.192. The summed E-state index contributed by atoms with van der Waals surface area (Å²) in [6, 6.07) is 7.71. The van der Waals surface area contributed by atoms with Gasteiger partial charge >= 0.3 is 5.97 Å². The van der Waals surface area contributed by atoms with Gasteiger partial charge in [0.05, 0.1) is 0 Å². The van der Waals surface area contributed by atoms with E-state index in [0.29, 0.717) is 0 Å². The lowest BCUT2D eigenvalue weighted by molar-refractivity contribution is -0.552. The average molecular weight is 228 g/mol. The van der Waals surface area contributed by atoms with Crippen molar-refractivity contribution in [1.29, 1.82) is 0 Å². The number of nitrogens with zero attached hydrogens (tertiary/aromatic N) is 1. The van der Waals surface area contributed by atoms with Crippen LogP contribution in [0.4, 0.5) is 0 Å². The number of thiol groups is 1. The largest absolute Gasteiger partial charge is 0.478 e. The topological polar surface area (TPSA) is 92.5 Å². The van der Waals surface area contributed by atoms with Crippen LogP contribution in [0.1, 0.15) is 5.56 Å². The molecule has 80 valence electrons. The number of hydrogen-bond acceptors (Lipinski definition) is 4. The molecule has 0 spiro atoms. The van der Waals surface area contributed by atoms with Gasteiger partial charge < -0.3 is 5.11 Å². The van der Waals surface area contributed by atoms with Gasteiger partial charge in [-0.25, -0.2) is 14.9 Å². The lowest BCUT2D eigenvalue weighted by Gasteiger charge is -2.20. The van der Waals surface area contributed by atoms with E-state index < -0.39 is 15.9 Å². The lowest BCUT2D eigenvalue weighted by atomic mass is 10.1. The number of rotatable bonds is 4. The van der Waals surface area contributed by atoms with Crippen molar-refractivity contribution in [2.45, 2.75) is 4.87 Å². The smallest absolute Gasteiger partial charge is 0.350 e. The molecular formula is C8H8N2O4S. The number of carboxylic acids is 1. The van der Waals surface area contributed by atoms with Gasteiger partial charge in [0.1, 0.15) is 0 Å². The summed E-state index contributed by atoms with van der Waals surface area (Å²) in [5.41, 5.74) is 1.85. The summed E-state index contributed by atoms with van der Waals surface area (Å²) in [7, 11) is 0. The first kappa shape index (κ1) is 11.3. The van der Waals surface area contributed by atoms with Gasteiger partial charge in [-0.1, -0.05) is 30.3 Å². The third-order valence-corrected chi connectivity index (χ3v) is 2.30. The molecule has 0 aliphatic carbocycles. The second kappa shape index (κ2) is 4.18. The maximum atomic E-state index is 10.9. The van der Waals surface area contributed by atoms with Gasteiger partial charge in [-0.15, -0.1) is 18.1 Å². The van der Waals surface area contributed by atoms with Crippen molar-refractivity contribution in [3.63, 3.8) is 0 Å². The van der Waals surface area contributed by atoms with E-state index in [9.17, 15) is 14.9 Å². The second-order valence-electron chi connectivity index (χ2n) is 2.75. The zero-order valence-corrected chi connectivity index (χ0v) is 8.35. The highest BCUT2D eigenvalue weighted by atomic mass is 32.1. The average Bonchev–Trinajstić information content (AvgIpc) is 2.17. The molecule has 0 heterocycles. The Labute approximate surface area is 90.4 Å². The summed E-state index contributed by atoms with van der Waals surface area (Å²) < 4.78 is 0. The quantitative estimate of drug-likeness (QED) is 0.304. The van der Waals surface area contributed by atoms with Crippen LogP contribution in [0.2, 0.25) is 0 Å². The number of nitro groups is 1. The van der Waals surface area contributed by atoms with Crippen LogP contribution in [-0.4, -0.2) is 16.1 Å². The van der Waals surface area contributed by atoms with Crippen molar-refractivity contribution in [3.8, 4) is 0 Å². The molecule has 1 rings (SSSR count). The van der Waals surface area contributed by atoms with Gasteiger partial charge in [0.25, 0.3) is 4.87 Å². The third-order valence-electron chi connectivity index (χ3n) is 1.75. The van der Waals surface area contributed by atoms with Crippen molar-refractivity contribution < 1.29 is 14.9 Å². The van der Waals surface area contributed by atoms with Crippen LogP contribution in [0.15, 0.2) is 30.3 Å². The molecule has 0 bridgehead atoms. The fourth-order valence-corrected chi connectivity index (χ4v) is 1.28. The van der Waals surface area contributed by atoms with Crippen molar-refractivity contribution in [1.82, 2.24) is 5.43 Å². The predicted octanol–water partition coefficient (Wildman–Crippen LogP) is 0.635. The Morgan fingerprint density at radius 2 is 2.00 bits per heavy atom. The zero-order chi connectivity index (χ0) is 11.5. The molecule has 1 aromatic carbocycles. The molecule has 0 aliphatic rings. The van der Waals surface area contributed by atoms with Gasteiger partial charge in [0, 0.05) is 5.56 Å². The summed E-state index contributed by atoms with van der Waals surface area (Å²) in [6.07, 6.45) is 0. The van der Waals surface area contributed by atoms with Crippen molar-refractivity contribution in [2.24, 2.45) is 0 Å². The summed E-state index contributed by atoms with van der Waals surface area (Å²) in [5.74, 6) is -1.44. The molecule has 0 saturated carbocycles. The van der Waals surface area contributed by atoms with Gasteiger partial charge in [-0.2, -0.15) is 0 Å². The normalized spacial score (nSPS) is 13.9. The number of nitrogens with one attached hydrogen (secondary N) is 1. The number of hydrazine groups is 1. The molecule has 0 amide bonds. The van der Waals surface area contributed by atoms with E-state index in [1.54, 1.807) is 23.6 Å². The fourth-order valence-electron chi connectivity index (χ4n) is 1.05. The second-order valence-corrected chi connectivity index (χ2v) is 3.42. The molecule has 1 atom stereocenters. The fraction of sp³-hybridized carbons (Fsp3) is 0.125. The zero-order valence-electron chi connectivity index (χ0n) is 7.45. The van der Waals surface area contributed by atoms with Crippen molar-refractivity contribution >= 4 is 18.6 Å². The Morgan fingerprint density at radius 3 is 2.40 bits per heavy atom. The monoisotopic (exact) mass is 228 g/mol. The Bertz CT molecular complexity index is 383. The van der Waals surface area contributed by atoms with E-state index in [0.717, 1.165) is 0 Å². The molecule has 0 radical (unpaired) electrons. The summed E-state index contributed by atoms with van der Waals surface area (Å²) >= 11 is 3.79. The molecule has 7 heteroatoms. The first-order valence-electron chi connectivity index (χ1n) is 3.90. The summed E-state index contributed by atoms with van der Waals surface area (Å²) in [5, 5.41) is 18.2. The number of aliphatic carboxylic acids is 1. The Kier molecular flexibility index (Phi) is 3.15. The Morgan fingerprint density at radius 1 is 1.47 bits per heavy atom. The number of carboxylic acid groups (broad SMARTS) is 1. The molecule has 0 aromatic heterocycles. The lowest BCUT2D eigenvalue weighted by Crippen LogP contribution is -2.47. The predicted molar refractivity (Wildman–Crippen MR) is 54.9 cm³/mol. The highest BCUT2D eigenvalue weighted by Crippen LogP contribution is 2.25. The van der Waals surface area contributed by atoms with Crippen LogP contribution < -0.4 is 5.43 Å². The van der Waals surface area contributed by atoms with Crippen LogP contribution >= 0.6 is 12.6 Å². The first-order chi connectivity index (χ1) is 6.97. The highest BCUT2D eigenvalue weighted by molar-refractivity contribution is 7.82. The van der Waals surface area contributed by atoms with Crippen LogP contribution in [0.5, 0.6) is 0 Å². The molecule has 1 aromatic rings. The molecule has 1 unspecified atom stereocenters. The molecule has 15 heavy (non-hydrogen) atoms. The molecular weight excluding hydrogens is 220 g/mol. The van der Waals surface area contributed by atoms with Gasteiger partial charge in [-0.05, 0) is 0 Å². The maximum absolute atomic E-state index is 10.9. The number of benzene rings is 1.